The largest absolute Gasteiger partial charge is 0.497 e. The molecule has 2 heterocycles. The number of carbonyl (C=O) groups excluding carboxylic acids is 1. The molecule has 0 radical (unpaired) electrons. The number of fused-ring (bicyclic) bond motifs is 1. The second-order valence-electron chi connectivity index (χ2n) is 5.28. The number of hydrogen-bond donors (Lipinski definition) is 0. The monoisotopic (exact) mass is 317 g/mol. The predicted octanol–water partition coefficient (Wildman–Crippen LogP) is 3.28. The molecule has 1 atom stereocenters. The number of carbonyl (C=O) groups is 1. The highest BCUT2D eigenvalue weighted by Gasteiger charge is 2.28. The van der Waals surface area contributed by atoms with Gasteiger partial charge in [0.25, 0.3) is 5.91 Å². The molecule has 1 amide bonds. The summed E-state index contributed by atoms with van der Waals surface area (Å²) in [6, 6.07) is 9.50. The Balaban J connectivity index is 1.60. The van der Waals surface area contributed by atoms with Gasteiger partial charge in [-0.05, 0) is 54.6 Å². The standard InChI is InChI=1S/C17H19NO3S/c1-12-15-8-10-22-16(15)7-9-18(12)17(19)11-21-14-5-3-13(20-2)4-6-14/h3-6,8,10,12H,7,9,11H2,1-2H3/t12-/m1/s1. The number of benzene rings is 1. The quantitative estimate of drug-likeness (QED) is 0.868. The van der Waals surface area contributed by atoms with Gasteiger partial charge in [0.05, 0.1) is 13.2 Å². The van der Waals surface area contributed by atoms with Crippen molar-refractivity contribution in [3.05, 3.63) is 46.2 Å². The van der Waals surface area contributed by atoms with Gasteiger partial charge in [-0.2, -0.15) is 0 Å². The molecule has 0 saturated heterocycles. The molecule has 0 fully saturated rings. The molecule has 1 aromatic carbocycles. The molecule has 22 heavy (non-hydrogen) atoms. The van der Waals surface area contributed by atoms with Crippen molar-refractivity contribution in [2.45, 2.75) is 19.4 Å². The minimum atomic E-state index is 0.0279. The van der Waals surface area contributed by atoms with Gasteiger partial charge < -0.3 is 14.4 Å². The first-order chi connectivity index (χ1) is 10.7. The lowest BCUT2D eigenvalue weighted by Crippen LogP contribution is -2.40. The highest BCUT2D eigenvalue weighted by atomic mass is 32.1. The van der Waals surface area contributed by atoms with Gasteiger partial charge in [-0.15, -0.1) is 11.3 Å². The lowest BCUT2D eigenvalue weighted by atomic mass is 10.0. The van der Waals surface area contributed by atoms with E-state index in [-0.39, 0.29) is 18.6 Å². The molecule has 5 heteroatoms. The van der Waals surface area contributed by atoms with Crippen molar-refractivity contribution in [3.63, 3.8) is 0 Å². The number of methoxy groups -OCH3 is 1. The minimum absolute atomic E-state index is 0.0279. The molecule has 0 saturated carbocycles. The van der Waals surface area contributed by atoms with E-state index in [0.717, 1.165) is 18.7 Å². The molecule has 4 nitrogen and oxygen atoms in total. The van der Waals surface area contributed by atoms with E-state index in [9.17, 15) is 4.79 Å². The van der Waals surface area contributed by atoms with Crippen LogP contribution in [0.1, 0.15) is 23.4 Å². The van der Waals surface area contributed by atoms with Gasteiger partial charge in [-0.1, -0.05) is 0 Å². The zero-order valence-electron chi connectivity index (χ0n) is 12.7. The van der Waals surface area contributed by atoms with Crippen molar-refractivity contribution in [2.75, 3.05) is 20.3 Å². The fraction of sp³-hybridized carbons (Fsp3) is 0.353. The van der Waals surface area contributed by atoms with Crippen molar-refractivity contribution < 1.29 is 14.3 Å². The maximum atomic E-state index is 12.4. The first kappa shape index (κ1) is 14.9. The summed E-state index contributed by atoms with van der Waals surface area (Å²) in [6.07, 6.45) is 0.936. The molecule has 1 aliphatic rings. The molecule has 3 rings (SSSR count). The zero-order valence-corrected chi connectivity index (χ0v) is 13.6. The minimum Gasteiger partial charge on any atom is -0.497 e. The van der Waals surface area contributed by atoms with Crippen LogP contribution in [0.15, 0.2) is 35.7 Å². The average molecular weight is 317 g/mol. The molecule has 0 bridgehead atoms. The Bertz CT molecular complexity index is 650. The van der Waals surface area contributed by atoms with Crippen LogP contribution in [-0.2, 0) is 11.2 Å². The van der Waals surface area contributed by atoms with Crippen molar-refractivity contribution in [1.29, 1.82) is 0 Å². The summed E-state index contributed by atoms with van der Waals surface area (Å²) in [6.45, 7) is 2.91. The Hall–Kier alpha value is -2.01. The van der Waals surface area contributed by atoms with E-state index in [2.05, 4.69) is 18.4 Å². The van der Waals surface area contributed by atoms with Crippen LogP contribution in [0.25, 0.3) is 0 Å². The lowest BCUT2D eigenvalue weighted by Gasteiger charge is -2.33. The molecule has 116 valence electrons. The summed E-state index contributed by atoms with van der Waals surface area (Å²) >= 11 is 1.78. The van der Waals surface area contributed by atoms with E-state index in [1.807, 2.05) is 29.2 Å². The van der Waals surface area contributed by atoms with Gasteiger partial charge in [0, 0.05) is 11.4 Å². The van der Waals surface area contributed by atoms with E-state index < -0.39 is 0 Å². The van der Waals surface area contributed by atoms with Crippen molar-refractivity contribution in [3.8, 4) is 11.5 Å². The Morgan fingerprint density at radius 1 is 1.27 bits per heavy atom. The first-order valence-corrected chi connectivity index (χ1v) is 8.19. The predicted molar refractivity (Wildman–Crippen MR) is 86.6 cm³/mol. The van der Waals surface area contributed by atoms with E-state index in [1.165, 1.54) is 10.4 Å². The maximum absolute atomic E-state index is 12.4. The van der Waals surface area contributed by atoms with E-state index in [1.54, 1.807) is 18.4 Å². The van der Waals surface area contributed by atoms with E-state index in [4.69, 9.17) is 9.47 Å². The number of amides is 1. The molecule has 1 aromatic heterocycles. The Kier molecular flexibility index (Phi) is 4.34. The zero-order chi connectivity index (χ0) is 15.5. The van der Waals surface area contributed by atoms with Crippen LogP contribution in [0, 0.1) is 0 Å². The van der Waals surface area contributed by atoms with Gasteiger partial charge in [0.2, 0.25) is 0 Å². The highest BCUT2D eigenvalue weighted by molar-refractivity contribution is 7.10. The van der Waals surface area contributed by atoms with Crippen molar-refractivity contribution >= 4 is 17.2 Å². The molecule has 0 unspecified atom stereocenters. The summed E-state index contributed by atoms with van der Waals surface area (Å²) in [5.41, 5.74) is 1.27. The Morgan fingerprint density at radius 3 is 2.73 bits per heavy atom. The Labute approximate surface area is 134 Å². The van der Waals surface area contributed by atoms with Crippen LogP contribution in [0.5, 0.6) is 11.5 Å². The average Bonchev–Trinajstić information content (AvgIpc) is 3.03. The van der Waals surface area contributed by atoms with Gasteiger partial charge in [-0.3, -0.25) is 4.79 Å². The molecular formula is C17H19NO3S. The number of thiophene rings is 1. The summed E-state index contributed by atoms with van der Waals surface area (Å²) in [7, 11) is 1.62. The smallest absolute Gasteiger partial charge is 0.261 e. The first-order valence-electron chi connectivity index (χ1n) is 7.31. The van der Waals surface area contributed by atoms with Crippen LogP contribution < -0.4 is 9.47 Å². The third kappa shape index (κ3) is 2.95. The van der Waals surface area contributed by atoms with Gasteiger partial charge in [0.1, 0.15) is 11.5 Å². The van der Waals surface area contributed by atoms with Gasteiger partial charge >= 0.3 is 0 Å². The topological polar surface area (TPSA) is 38.8 Å². The third-order valence-corrected chi connectivity index (χ3v) is 5.02. The van der Waals surface area contributed by atoms with Crippen molar-refractivity contribution in [2.24, 2.45) is 0 Å². The van der Waals surface area contributed by atoms with E-state index >= 15 is 0 Å². The molecule has 0 spiro atoms. The number of nitrogens with zero attached hydrogens (tertiary/aromatic N) is 1. The molecule has 0 N–H and O–H groups in total. The fourth-order valence-corrected chi connectivity index (χ4v) is 3.71. The van der Waals surface area contributed by atoms with Crippen LogP contribution in [0.2, 0.25) is 0 Å². The number of hydrogen-bond acceptors (Lipinski definition) is 4. The normalized spacial score (nSPS) is 17.0. The van der Waals surface area contributed by atoms with E-state index in [0.29, 0.717) is 5.75 Å². The maximum Gasteiger partial charge on any atom is 0.261 e. The molecular weight excluding hydrogens is 298 g/mol. The van der Waals surface area contributed by atoms with Gasteiger partial charge in [0.15, 0.2) is 6.61 Å². The second kappa shape index (κ2) is 6.40. The molecule has 2 aromatic rings. The molecule has 0 aliphatic carbocycles. The lowest BCUT2D eigenvalue weighted by molar-refractivity contribution is -0.135. The summed E-state index contributed by atoms with van der Waals surface area (Å²) in [4.78, 5) is 15.7. The van der Waals surface area contributed by atoms with Crippen molar-refractivity contribution in [1.82, 2.24) is 4.90 Å². The molecule has 1 aliphatic heterocycles. The Morgan fingerprint density at radius 2 is 2.00 bits per heavy atom. The second-order valence-corrected chi connectivity index (χ2v) is 6.28. The van der Waals surface area contributed by atoms with Crippen LogP contribution in [-0.4, -0.2) is 31.1 Å². The number of ether oxygens (including phenoxy) is 2. The van der Waals surface area contributed by atoms with Crippen LogP contribution in [0.4, 0.5) is 0 Å². The van der Waals surface area contributed by atoms with Crippen LogP contribution >= 0.6 is 11.3 Å². The summed E-state index contributed by atoms with van der Waals surface area (Å²) in [5, 5.41) is 2.10. The van der Waals surface area contributed by atoms with Crippen LogP contribution in [0.3, 0.4) is 0 Å². The third-order valence-electron chi connectivity index (χ3n) is 4.02. The summed E-state index contributed by atoms with van der Waals surface area (Å²) < 4.78 is 10.7. The SMILES string of the molecule is COc1ccc(OCC(=O)N2CCc3sccc3[C@H]2C)cc1. The fourth-order valence-electron chi connectivity index (χ4n) is 2.75. The summed E-state index contributed by atoms with van der Waals surface area (Å²) in [5.74, 6) is 1.48. The number of rotatable bonds is 4. The van der Waals surface area contributed by atoms with Gasteiger partial charge in [-0.25, -0.2) is 0 Å². The highest BCUT2D eigenvalue weighted by Crippen LogP contribution is 2.32.